The van der Waals surface area contributed by atoms with E-state index in [1.54, 1.807) is 18.9 Å². The van der Waals surface area contributed by atoms with E-state index >= 15 is 0 Å². The fourth-order valence-electron chi connectivity index (χ4n) is 1.65. The lowest BCUT2D eigenvalue weighted by Gasteiger charge is -2.22. The maximum Gasteiger partial charge on any atom is 0.306 e. The average molecular weight is 229 g/mol. The minimum atomic E-state index is -0.313. The monoisotopic (exact) mass is 229 g/mol. The molecule has 0 aromatic heterocycles. The van der Waals surface area contributed by atoms with E-state index in [0.29, 0.717) is 19.8 Å². The SMILES string of the molecule is CCOC(=O)CCC(=O)N(C)C1CCOC1. The van der Waals surface area contributed by atoms with E-state index in [1.807, 2.05) is 0 Å². The molecule has 1 heterocycles. The van der Waals surface area contributed by atoms with Crippen molar-refractivity contribution in [2.75, 3.05) is 26.9 Å². The topological polar surface area (TPSA) is 55.8 Å². The summed E-state index contributed by atoms with van der Waals surface area (Å²) in [7, 11) is 1.76. The Morgan fingerprint density at radius 1 is 1.44 bits per heavy atom. The zero-order valence-electron chi connectivity index (χ0n) is 9.90. The molecule has 1 unspecified atom stereocenters. The standard InChI is InChI=1S/C11H19NO4/c1-3-16-11(14)5-4-10(13)12(2)9-6-7-15-8-9/h9H,3-8H2,1-2H3. The number of rotatable bonds is 5. The van der Waals surface area contributed by atoms with Gasteiger partial charge in [0.2, 0.25) is 5.91 Å². The molecule has 0 aromatic carbocycles. The molecule has 5 heteroatoms. The van der Waals surface area contributed by atoms with Gasteiger partial charge in [0.1, 0.15) is 0 Å². The fraction of sp³-hybridized carbons (Fsp3) is 0.818. The van der Waals surface area contributed by atoms with Gasteiger partial charge in [-0.05, 0) is 13.3 Å². The molecule has 1 aliphatic heterocycles. The second kappa shape index (κ2) is 6.48. The first kappa shape index (κ1) is 13.0. The van der Waals surface area contributed by atoms with Crippen LogP contribution in [0.2, 0.25) is 0 Å². The first-order valence-electron chi connectivity index (χ1n) is 5.64. The molecule has 1 aliphatic rings. The summed E-state index contributed by atoms with van der Waals surface area (Å²) in [5, 5.41) is 0. The van der Waals surface area contributed by atoms with Gasteiger partial charge in [-0.3, -0.25) is 9.59 Å². The smallest absolute Gasteiger partial charge is 0.306 e. The molecule has 1 atom stereocenters. The zero-order chi connectivity index (χ0) is 12.0. The van der Waals surface area contributed by atoms with Crippen LogP contribution in [0.3, 0.4) is 0 Å². The van der Waals surface area contributed by atoms with Crippen molar-refractivity contribution in [1.29, 1.82) is 0 Å². The van der Waals surface area contributed by atoms with Crippen molar-refractivity contribution in [2.24, 2.45) is 0 Å². The summed E-state index contributed by atoms with van der Waals surface area (Å²) < 4.78 is 9.97. The molecule has 0 spiro atoms. The highest BCUT2D eigenvalue weighted by molar-refractivity contribution is 5.81. The van der Waals surface area contributed by atoms with Gasteiger partial charge < -0.3 is 14.4 Å². The first-order chi connectivity index (χ1) is 7.65. The van der Waals surface area contributed by atoms with Crippen LogP contribution < -0.4 is 0 Å². The number of carbonyl (C=O) groups excluding carboxylic acids is 2. The Labute approximate surface area is 95.7 Å². The van der Waals surface area contributed by atoms with Crippen LogP contribution >= 0.6 is 0 Å². The summed E-state index contributed by atoms with van der Waals surface area (Å²) in [5.74, 6) is -0.338. The molecule has 16 heavy (non-hydrogen) atoms. The van der Waals surface area contributed by atoms with Gasteiger partial charge in [-0.1, -0.05) is 0 Å². The molecule has 0 radical (unpaired) electrons. The largest absolute Gasteiger partial charge is 0.466 e. The van der Waals surface area contributed by atoms with Gasteiger partial charge in [0.05, 0.1) is 25.7 Å². The minimum absolute atomic E-state index is 0.0245. The number of likely N-dealkylation sites (N-methyl/N-ethyl adjacent to an activating group) is 1. The van der Waals surface area contributed by atoms with E-state index in [0.717, 1.165) is 6.42 Å². The van der Waals surface area contributed by atoms with Gasteiger partial charge in [0.15, 0.2) is 0 Å². The number of ether oxygens (including phenoxy) is 2. The summed E-state index contributed by atoms with van der Waals surface area (Å²) in [5.41, 5.74) is 0. The normalized spacial score (nSPS) is 19.5. The van der Waals surface area contributed by atoms with Crippen molar-refractivity contribution in [1.82, 2.24) is 4.90 Å². The highest BCUT2D eigenvalue weighted by atomic mass is 16.5. The average Bonchev–Trinajstić information content (AvgIpc) is 2.78. The van der Waals surface area contributed by atoms with E-state index in [9.17, 15) is 9.59 Å². The van der Waals surface area contributed by atoms with Gasteiger partial charge in [-0.2, -0.15) is 0 Å². The van der Waals surface area contributed by atoms with Crippen LogP contribution in [0.4, 0.5) is 0 Å². The van der Waals surface area contributed by atoms with Gasteiger partial charge in [-0.15, -0.1) is 0 Å². The van der Waals surface area contributed by atoms with Crippen molar-refractivity contribution < 1.29 is 19.1 Å². The van der Waals surface area contributed by atoms with Crippen molar-refractivity contribution in [3.63, 3.8) is 0 Å². The Morgan fingerprint density at radius 3 is 2.75 bits per heavy atom. The van der Waals surface area contributed by atoms with Crippen molar-refractivity contribution >= 4 is 11.9 Å². The second-order valence-electron chi connectivity index (χ2n) is 3.83. The molecule has 0 saturated carbocycles. The Hall–Kier alpha value is -1.10. The summed E-state index contributed by atoms with van der Waals surface area (Å²) >= 11 is 0. The van der Waals surface area contributed by atoms with Crippen LogP contribution in [0.25, 0.3) is 0 Å². The van der Waals surface area contributed by atoms with Crippen LogP contribution in [0.15, 0.2) is 0 Å². The molecule has 0 aromatic rings. The maximum atomic E-state index is 11.7. The lowest BCUT2D eigenvalue weighted by atomic mass is 10.2. The molecule has 5 nitrogen and oxygen atoms in total. The lowest BCUT2D eigenvalue weighted by Crippen LogP contribution is -2.37. The molecule has 0 N–H and O–H groups in total. The van der Waals surface area contributed by atoms with E-state index in [2.05, 4.69) is 0 Å². The third-order valence-corrected chi connectivity index (χ3v) is 2.70. The van der Waals surface area contributed by atoms with Gasteiger partial charge >= 0.3 is 5.97 Å². The van der Waals surface area contributed by atoms with Crippen molar-refractivity contribution in [2.45, 2.75) is 32.2 Å². The first-order valence-corrected chi connectivity index (χ1v) is 5.64. The highest BCUT2D eigenvalue weighted by Gasteiger charge is 2.24. The molecule has 92 valence electrons. The minimum Gasteiger partial charge on any atom is -0.466 e. The number of amides is 1. The Morgan fingerprint density at radius 2 is 2.19 bits per heavy atom. The van der Waals surface area contributed by atoms with Crippen LogP contribution in [0.1, 0.15) is 26.2 Å². The molecule has 0 aliphatic carbocycles. The summed E-state index contributed by atoms with van der Waals surface area (Å²) in [6.07, 6.45) is 1.25. The Kier molecular flexibility index (Phi) is 5.25. The number of carbonyl (C=O) groups is 2. The second-order valence-corrected chi connectivity index (χ2v) is 3.83. The maximum absolute atomic E-state index is 11.7. The molecule has 1 saturated heterocycles. The van der Waals surface area contributed by atoms with Crippen LogP contribution in [-0.2, 0) is 19.1 Å². The quantitative estimate of drug-likeness (QED) is 0.647. The molecular weight excluding hydrogens is 210 g/mol. The molecular formula is C11H19NO4. The number of hydrogen-bond donors (Lipinski definition) is 0. The van der Waals surface area contributed by atoms with E-state index in [-0.39, 0.29) is 30.8 Å². The molecule has 1 rings (SSSR count). The predicted octanol–water partition coefficient (Wildman–Crippen LogP) is 0.577. The lowest BCUT2D eigenvalue weighted by molar-refractivity contribution is -0.145. The zero-order valence-corrected chi connectivity index (χ0v) is 9.90. The third kappa shape index (κ3) is 3.81. The Balaban J connectivity index is 2.25. The van der Waals surface area contributed by atoms with E-state index < -0.39 is 0 Å². The van der Waals surface area contributed by atoms with Gasteiger partial charge in [-0.25, -0.2) is 0 Å². The van der Waals surface area contributed by atoms with Crippen LogP contribution in [0.5, 0.6) is 0 Å². The summed E-state index contributed by atoms with van der Waals surface area (Å²) in [6.45, 7) is 3.42. The Bertz CT molecular complexity index is 248. The third-order valence-electron chi connectivity index (χ3n) is 2.70. The van der Waals surface area contributed by atoms with Gasteiger partial charge in [0.25, 0.3) is 0 Å². The van der Waals surface area contributed by atoms with Gasteiger partial charge in [0, 0.05) is 20.1 Å². The molecule has 1 amide bonds. The van der Waals surface area contributed by atoms with Crippen LogP contribution in [0, 0.1) is 0 Å². The predicted molar refractivity (Wildman–Crippen MR) is 57.9 cm³/mol. The highest BCUT2D eigenvalue weighted by Crippen LogP contribution is 2.12. The number of esters is 1. The van der Waals surface area contributed by atoms with Crippen LogP contribution in [-0.4, -0.2) is 49.7 Å². The summed E-state index contributed by atoms with van der Waals surface area (Å²) in [6, 6.07) is 0.162. The van der Waals surface area contributed by atoms with Crippen molar-refractivity contribution in [3.05, 3.63) is 0 Å². The molecule has 0 bridgehead atoms. The van der Waals surface area contributed by atoms with E-state index in [1.165, 1.54) is 0 Å². The number of nitrogens with zero attached hydrogens (tertiary/aromatic N) is 1. The molecule has 1 fully saturated rings. The van der Waals surface area contributed by atoms with E-state index in [4.69, 9.17) is 9.47 Å². The fourth-order valence-corrected chi connectivity index (χ4v) is 1.65. The van der Waals surface area contributed by atoms with Crippen molar-refractivity contribution in [3.8, 4) is 0 Å². The number of hydrogen-bond acceptors (Lipinski definition) is 4. The summed E-state index contributed by atoms with van der Waals surface area (Å²) in [4.78, 5) is 24.4.